The minimum Gasteiger partial charge on any atom is -0.296 e. The second-order valence-electron chi connectivity index (χ2n) is 5.10. The first-order valence-electron chi connectivity index (χ1n) is 5.98. The second-order valence-corrected chi connectivity index (χ2v) is 6.01. The third-order valence-electron chi connectivity index (χ3n) is 4.29. The lowest BCUT2D eigenvalue weighted by molar-refractivity contribution is -0.129. The molecular formula is C14H16BrNO2. The summed E-state index contributed by atoms with van der Waals surface area (Å²) in [6.07, 6.45) is 0. The number of hydrogen-bond donors (Lipinski definition) is 1. The van der Waals surface area contributed by atoms with Crippen LogP contribution in [0, 0.1) is 11.3 Å². The van der Waals surface area contributed by atoms with Crippen molar-refractivity contribution in [2.45, 2.75) is 26.7 Å². The van der Waals surface area contributed by atoms with E-state index in [1.165, 1.54) is 0 Å². The van der Waals surface area contributed by atoms with Gasteiger partial charge in [-0.2, -0.15) is 0 Å². The summed E-state index contributed by atoms with van der Waals surface area (Å²) in [5.74, 6) is -0.655. The highest BCUT2D eigenvalue weighted by Crippen LogP contribution is 2.45. The minimum absolute atomic E-state index is 0.00736. The van der Waals surface area contributed by atoms with Crippen LogP contribution in [0.4, 0.5) is 0 Å². The molecule has 1 aliphatic rings. The van der Waals surface area contributed by atoms with E-state index in [1.54, 1.807) is 0 Å². The zero-order valence-electron chi connectivity index (χ0n) is 10.7. The van der Waals surface area contributed by atoms with Crippen molar-refractivity contribution in [2.24, 2.45) is 11.3 Å². The third kappa shape index (κ3) is 1.88. The van der Waals surface area contributed by atoms with Crippen molar-refractivity contribution < 1.29 is 9.59 Å². The molecule has 2 unspecified atom stereocenters. The summed E-state index contributed by atoms with van der Waals surface area (Å²) in [5, 5.41) is 2.43. The number of carbonyl (C=O) groups excluding carboxylic acids is 2. The highest BCUT2D eigenvalue weighted by molar-refractivity contribution is 9.10. The average Bonchev–Trinajstić information content (AvgIpc) is 2.54. The van der Waals surface area contributed by atoms with E-state index in [-0.39, 0.29) is 23.7 Å². The van der Waals surface area contributed by atoms with E-state index in [1.807, 2.05) is 45.0 Å². The van der Waals surface area contributed by atoms with Gasteiger partial charge in [0.25, 0.3) is 0 Å². The molecule has 18 heavy (non-hydrogen) atoms. The molecule has 1 saturated heterocycles. The SMILES string of the molecule is CC1C(=O)NC(=O)C1(C)[C@H](C)c1ccc(Br)cc1. The van der Waals surface area contributed by atoms with Gasteiger partial charge in [-0.15, -0.1) is 0 Å². The molecular weight excluding hydrogens is 294 g/mol. The molecule has 4 heteroatoms. The number of halogens is 1. The number of amides is 2. The van der Waals surface area contributed by atoms with Crippen molar-refractivity contribution in [1.82, 2.24) is 5.32 Å². The number of hydrogen-bond acceptors (Lipinski definition) is 2. The number of carbonyl (C=O) groups is 2. The van der Waals surface area contributed by atoms with Gasteiger partial charge >= 0.3 is 0 Å². The molecule has 2 amide bonds. The maximum atomic E-state index is 12.1. The fourth-order valence-electron chi connectivity index (χ4n) is 2.49. The van der Waals surface area contributed by atoms with Crippen LogP contribution in [0.5, 0.6) is 0 Å². The summed E-state index contributed by atoms with van der Waals surface area (Å²) in [6, 6.07) is 7.88. The van der Waals surface area contributed by atoms with Gasteiger partial charge in [-0.1, -0.05) is 41.9 Å². The first-order valence-corrected chi connectivity index (χ1v) is 6.77. The largest absolute Gasteiger partial charge is 0.296 e. The Morgan fingerprint density at radius 1 is 1.28 bits per heavy atom. The molecule has 0 spiro atoms. The van der Waals surface area contributed by atoms with Gasteiger partial charge in [0.2, 0.25) is 11.8 Å². The van der Waals surface area contributed by atoms with E-state index in [9.17, 15) is 9.59 Å². The van der Waals surface area contributed by atoms with Crippen molar-refractivity contribution in [2.75, 3.05) is 0 Å². The molecule has 0 saturated carbocycles. The van der Waals surface area contributed by atoms with Gasteiger partial charge in [0.15, 0.2) is 0 Å². The zero-order valence-corrected chi connectivity index (χ0v) is 12.2. The molecule has 1 aliphatic heterocycles. The smallest absolute Gasteiger partial charge is 0.233 e. The van der Waals surface area contributed by atoms with E-state index in [0.29, 0.717) is 0 Å². The van der Waals surface area contributed by atoms with E-state index < -0.39 is 5.41 Å². The predicted octanol–water partition coefficient (Wildman–Crippen LogP) is 2.85. The van der Waals surface area contributed by atoms with Gasteiger partial charge in [0, 0.05) is 4.47 Å². The topological polar surface area (TPSA) is 46.2 Å². The van der Waals surface area contributed by atoms with Gasteiger partial charge in [-0.05, 0) is 30.5 Å². The fourth-order valence-corrected chi connectivity index (χ4v) is 2.76. The molecule has 0 bridgehead atoms. The molecule has 3 atom stereocenters. The molecule has 1 aromatic carbocycles. The van der Waals surface area contributed by atoms with E-state index in [0.717, 1.165) is 10.0 Å². The van der Waals surface area contributed by atoms with Gasteiger partial charge in [0.1, 0.15) is 0 Å². The number of imide groups is 1. The molecule has 2 rings (SSSR count). The number of benzene rings is 1. The van der Waals surface area contributed by atoms with Crippen LogP contribution < -0.4 is 5.32 Å². The van der Waals surface area contributed by atoms with Gasteiger partial charge in [-0.25, -0.2) is 0 Å². The molecule has 1 N–H and O–H groups in total. The summed E-state index contributed by atoms with van der Waals surface area (Å²) >= 11 is 3.39. The summed E-state index contributed by atoms with van der Waals surface area (Å²) < 4.78 is 1.00. The Kier molecular flexibility index (Phi) is 3.32. The first-order chi connectivity index (χ1) is 8.37. The molecule has 96 valence electrons. The zero-order chi connectivity index (χ0) is 13.5. The Balaban J connectivity index is 2.38. The molecule has 1 heterocycles. The van der Waals surface area contributed by atoms with Crippen LogP contribution in [0.25, 0.3) is 0 Å². The first kappa shape index (κ1) is 13.3. The van der Waals surface area contributed by atoms with Gasteiger partial charge < -0.3 is 0 Å². The van der Waals surface area contributed by atoms with Crippen molar-refractivity contribution in [3.63, 3.8) is 0 Å². The van der Waals surface area contributed by atoms with Crippen LogP contribution in [-0.2, 0) is 9.59 Å². The molecule has 0 aromatic heterocycles. The maximum absolute atomic E-state index is 12.1. The predicted molar refractivity (Wildman–Crippen MR) is 73.0 cm³/mol. The highest BCUT2D eigenvalue weighted by atomic mass is 79.9. The Morgan fingerprint density at radius 3 is 2.28 bits per heavy atom. The van der Waals surface area contributed by atoms with Crippen LogP contribution in [0.1, 0.15) is 32.3 Å². The Hall–Kier alpha value is -1.16. The van der Waals surface area contributed by atoms with Crippen LogP contribution in [-0.4, -0.2) is 11.8 Å². The van der Waals surface area contributed by atoms with Crippen LogP contribution in [0.15, 0.2) is 28.7 Å². The molecule has 3 nitrogen and oxygen atoms in total. The summed E-state index contributed by atoms with van der Waals surface area (Å²) in [5.41, 5.74) is 0.391. The van der Waals surface area contributed by atoms with E-state index >= 15 is 0 Å². The standard InChI is InChI=1S/C14H16BrNO2/c1-8(10-4-6-11(15)7-5-10)14(3)9(2)12(17)16-13(14)18/h4-9H,1-3H3,(H,16,17,18)/t8-,9?,14?/m1/s1. The Morgan fingerprint density at radius 2 is 1.83 bits per heavy atom. The van der Waals surface area contributed by atoms with Crippen LogP contribution in [0.3, 0.4) is 0 Å². The van der Waals surface area contributed by atoms with Crippen molar-refractivity contribution in [3.05, 3.63) is 34.3 Å². The fraction of sp³-hybridized carbons (Fsp3) is 0.429. The summed E-state index contributed by atoms with van der Waals surface area (Å²) in [4.78, 5) is 23.7. The van der Waals surface area contributed by atoms with Gasteiger partial charge in [-0.3, -0.25) is 14.9 Å². The van der Waals surface area contributed by atoms with Crippen molar-refractivity contribution >= 4 is 27.7 Å². The number of nitrogens with one attached hydrogen (secondary N) is 1. The third-order valence-corrected chi connectivity index (χ3v) is 4.82. The minimum atomic E-state index is -0.676. The van der Waals surface area contributed by atoms with Crippen LogP contribution in [0.2, 0.25) is 0 Å². The van der Waals surface area contributed by atoms with Gasteiger partial charge in [0.05, 0.1) is 11.3 Å². The number of rotatable bonds is 2. The average molecular weight is 310 g/mol. The van der Waals surface area contributed by atoms with Crippen LogP contribution >= 0.6 is 15.9 Å². The lowest BCUT2D eigenvalue weighted by atomic mass is 9.68. The molecule has 0 radical (unpaired) electrons. The molecule has 0 aliphatic carbocycles. The highest BCUT2D eigenvalue weighted by Gasteiger charge is 2.52. The Labute approximate surface area is 115 Å². The van der Waals surface area contributed by atoms with E-state index in [4.69, 9.17) is 0 Å². The molecule has 1 fully saturated rings. The Bertz CT molecular complexity index is 497. The lowest BCUT2D eigenvalue weighted by Gasteiger charge is -2.32. The second kappa shape index (κ2) is 4.50. The lowest BCUT2D eigenvalue weighted by Crippen LogP contribution is -2.36. The quantitative estimate of drug-likeness (QED) is 0.854. The van der Waals surface area contributed by atoms with Crippen molar-refractivity contribution in [1.29, 1.82) is 0 Å². The summed E-state index contributed by atoms with van der Waals surface area (Å²) in [6.45, 7) is 5.68. The summed E-state index contributed by atoms with van der Waals surface area (Å²) in [7, 11) is 0. The maximum Gasteiger partial charge on any atom is 0.233 e. The van der Waals surface area contributed by atoms with E-state index in [2.05, 4.69) is 21.2 Å². The monoisotopic (exact) mass is 309 g/mol. The molecule has 1 aromatic rings. The van der Waals surface area contributed by atoms with Crippen molar-refractivity contribution in [3.8, 4) is 0 Å². The normalized spacial score (nSPS) is 29.2.